The molecule has 2 N–H and O–H groups in total. The van der Waals surface area contributed by atoms with Crippen molar-refractivity contribution in [1.82, 2.24) is 10.6 Å². The maximum absolute atomic E-state index is 12.5. The van der Waals surface area contributed by atoms with Crippen molar-refractivity contribution in [3.8, 4) is 0 Å². The van der Waals surface area contributed by atoms with Crippen molar-refractivity contribution in [1.29, 1.82) is 0 Å². The summed E-state index contributed by atoms with van der Waals surface area (Å²) in [5.41, 5.74) is 0. The van der Waals surface area contributed by atoms with Crippen LogP contribution in [0.15, 0.2) is 35.2 Å². The van der Waals surface area contributed by atoms with Gasteiger partial charge in [0, 0.05) is 6.04 Å². The van der Waals surface area contributed by atoms with E-state index in [1.54, 1.807) is 52.8 Å². The molecule has 0 bridgehead atoms. The molecule has 0 heterocycles. The van der Waals surface area contributed by atoms with Gasteiger partial charge in [0.1, 0.15) is 6.04 Å². The zero-order valence-corrected chi connectivity index (χ0v) is 16.7. The molecule has 0 spiro atoms. The summed E-state index contributed by atoms with van der Waals surface area (Å²) >= 11 is 0. The summed E-state index contributed by atoms with van der Waals surface area (Å²) in [5.74, 6) is -0.867. The van der Waals surface area contributed by atoms with Crippen LogP contribution in [0.3, 0.4) is 0 Å². The summed E-state index contributed by atoms with van der Waals surface area (Å²) < 4.78 is 29.8. The van der Waals surface area contributed by atoms with Gasteiger partial charge in [-0.15, -0.1) is 0 Å². The maximum atomic E-state index is 12.5. The van der Waals surface area contributed by atoms with Crippen LogP contribution in [0.4, 0.5) is 4.79 Å². The lowest BCUT2D eigenvalue weighted by atomic mass is 10.0. The van der Waals surface area contributed by atoms with Crippen molar-refractivity contribution in [2.24, 2.45) is 5.92 Å². The van der Waals surface area contributed by atoms with Crippen LogP contribution in [0.25, 0.3) is 0 Å². The third-order valence-electron chi connectivity index (χ3n) is 3.53. The molecule has 2 atom stereocenters. The topological polar surface area (TPSA) is 102 Å². The lowest BCUT2D eigenvalue weighted by Gasteiger charge is -2.24. The van der Waals surface area contributed by atoms with E-state index in [1.807, 2.05) is 0 Å². The largest absolute Gasteiger partial charge is 0.447 e. The highest BCUT2D eigenvalue weighted by Gasteiger charge is 2.27. The quantitative estimate of drug-likeness (QED) is 0.715. The average Bonchev–Trinajstić information content (AvgIpc) is 2.51. The van der Waals surface area contributed by atoms with Gasteiger partial charge >= 0.3 is 6.09 Å². The molecule has 0 saturated carbocycles. The van der Waals surface area contributed by atoms with Gasteiger partial charge in [0.25, 0.3) is 0 Å². The number of carbonyl (C=O) groups is 2. The predicted molar refractivity (Wildman–Crippen MR) is 99.5 cm³/mol. The van der Waals surface area contributed by atoms with E-state index in [4.69, 9.17) is 4.74 Å². The van der Waals surface area contributed by atoms with Gasteiger partial charge in [-0.2, -0.15) is 0 Å². The minimum Gasteiger partial charge on any atom is -0.447 e. The average molecular weight is 384 g/mol. The second kappa shape index (κ2) is 9.56. The monoisotopic (exact) mass is 384 g/mol. The minimum absolute atomic E-state index is 0.187. The van der Waals surface area contributed by atoms with Crippen LogP contribution in [0.5, 0.6) is 0 Å². The summed E-state index contributed by atoms with van der Waals surface area (Å²) in [6.07, 6.45) is -0.987. The van der Waals surface area contributed by atoms with E-state index in [9.17, 15) is 18.0 Å². The molecule has 0 saturated heterocycles. The predicted octanol–water partition coefficient (Wildman–Crippen LogP) is 2.12. The van der Waals surface area contributed by atoms with Gasteiger partial charge in [0.15, 0.2) is 9.84 Å². The molecule has 0 aliphatic heterocycles. The van der Waals surface area contributed by atoms with Crippen molar-refractivity contribution in [3.63, 3.8) is 0 Å². The number of ether oxygens (including phenoxy) is 1. The van der Waals surface area contributed by atoms with E-state index in [2.05, 4.69) is 10.6 Å². The summed E-state index contributed by atoms with van der Waals surface area (Å²) in [6.45, 7) is 8.60. The fraction of sp³-hybridized carbons (Fsp3) is 0.556. The van der Waals surface area contributed by atoms with E-state index < -0.39 is 33.9 Å². The van der Waals surface area contributed by atoms with Crippen molar-refractivity contribution in [2.45, 2.75) is 57.7 Å². The third-order valence-corrected chi connectivity index (χ3v) is 5.45. The fourth-order valence-corrected chi connectivity index (χ4v) is 3.84. The number of carbonyl (C=O) groups excluding carboxylic acids is 2. The molecule has 0 radical (unpaired) electrons. The van der Waals surface area contributed by atoms with Crippen LogP contribution < -0.4 is 10.6 Å². The molecule has 146 valence electrons. The highest BCUT2D eigenvalue weighted by molar-refractivity contribution is 7.91. The van der Waals surface area contributed by atoms with E-state index in [0.717, 1.165) is 0 Å². The first-order valence-corrected chi connectivity index (χ1v) is 10.2. The standard InChI is InChI=1S/C18H28N2O5S/c1-12(2)16(20-18(22)25-13(3)4)17(21)19-14(5)11-26(23,24)15-9-7-6-8-10-15/h6-10,12-14,16H,11H2,1-5H3,(H,19,21)(H,20,22). The number of hydrogen-bond donors (Lipinski definition) is 2. The highest BCUT2D eigenvalue weighted by Crippen LogP contribution is 2.11. The summed E-state index contributed by atoms with van der Waals surface area (Å²) in [5, 5.41) is 5.18. The maximum Gasteiger partial charge on any atom is 0.408 e. The molecule has 1 rings (SSSR count). The van der Waals surface area contributed by atoms with E-state index >= 15 is 0 Å². The van der Waals surface area contributed by atoms with Crippen LogP contribution in [0.2, 0.25) is 0 Å². The molecule has 0 aliphatic carbocycles. The molecule has 8 heteroatoms. The second-order valence-electron chi connectivity index (χ2n) is 6.82. The summed E-state index contributed by atoms with van der Waals surface area (Å²) in [4.78, 5) is 24.4. The first-order valence-electron chi connectivity index (χ1n) is 8.58. The number of benzene rings is 1. The minimum atomic E-state index is -3.52. The Morgan fingerprint density at radius 3 is 2.08 bits per heavy atom. The Hall–Kier alpha value is -2.09. The lowest BCUT2D eigenvalue weighted by molar-refractivity contribution is -0.124. The number of alkyl carbamates (subject to hydrolysis) is 1. The Labute approximate surface area is 155 Å². The van der Waals surface area contributed by atoms with Crippen molar-refractivity contribution >= 4 is 21.8 Å². The van der Waals surface area contributed by atoms with Crippen LogP contribution in [0.1, 0.15) is 34.6 Å². The molecule has 0 aliphatic rings. The lowest BCUT2D eigenvalue weighted by Crippen LogP contribution is -2.52. The van der Waals surface area contributed by atoms with Crippen molar-refractivity contribution in [2.75, 3.05) is 5.75 Å². The smallest absolute Gasteiger partial charge is 0.408 e. The highest BCUT2D eigenvalue weighted by atomic mass is 32.2. The van der Waals surface area contributed by atoms with Crippen LogP contribution in [-0.2, 0) is 19.4 Å². The van der Waals surface area contributed by atoms with Crippen LogP contribution in [0, 0.1) is 5.92 Å². The third kappa shape index (κ3) is 7.03. The molecule has 0 fully saturated rings. The Bertz CT molecular complexity index is 702. The van der Waals surface area contributed by atoms with Gasteiger partial charge in [0.05, 0.1) is 16.8 Å². The molecule has 1 aromatic rings. The zero-order chi connectivity index (χ0) is 19.9. The van der Waals surface area contributed by atoms with Crippen molar-refractivity contribution < 1.29 is 22.7 Å². The summed E-state index contributed by atoms with van der Waals surface area (Å²) in [7, 11) is -3.52. The van der Waals surface area contributed by atoms with Gasteiger partial charge in [0.2, 0.25) is 5.91 Å². The zero-order valence-electron chi connectivity index (χ0n) is 15.9. The molecular formula is C18H28N2O5S. The molecular weight excluding hydrogens is 356 g/mol. The van der Waals surface area contributed by atoms with Gasteiger partial charge in [-0.3, -0.25) is 4.79 Å². The number of sulfone groups is 1. The molecule has 2 amide bonds. The summed E-state index contributed by atoms with van der Waals surface area (Å²) in [6, 6.07) is 6.64. The second-order valence-corrected chi connectivity index (χ2v) is 8.86. The Balaban J connectivity index is 2.72. The SMILES string of the molecule is CC(CS(=O)(=O)c1ccccc1)NC(=O)C(NC(=O)OC(C)C)C(C)C. The van der Waals surface area contributed by atoms with E-state index in [1.165, 1.54) is 12.1 Å². The Morgan fingerprint density at radius 2 is 1.58 bits per heavy atom. The van der Waals surface area contributed by atoms with E-state index in [0.29, 0.717) is 0 Å². The number of nitrogens with one attached hydrogen (secondary N) is 2. The molecule has 0 aromatic heterocycles. The van der Waals surface area contributed by atoms with E-state index in [-0.39, 0.29) is 22.7 Å². The van der Waals surface area contributed by atoms with Gasteiger partial charge < -0.3 is 15.4 Å². The first-order chi connectivity index (χ1) is 12.0. The fourth-order valence-electron chi connectivity index (χ4n) is 2.34. The normalized spacial score (nSPS) is 14.0. The number of hydrogen-bond acceptors (Lipinski definition) is 5. The van der Waals surface area contributed by atoms with Gasteiger partial charge in [-0.1, -0.05) is 32.0 Å². The van der Waals surface area contributed by atoms with Crippen LogP contribution >= 0.6 is 0 Å². The molecule has 2 unspecified atom stereocenters. The molecule has 26 heavy (non-hydrogen) atoms. The number of rotatable bonds is 8. The van der Waals surface area contributed by atoms with Gasteiger partial charge in [-0.25, -0.2) is 13.2 Å². The Morgan fingerprint density at radius 1 is 1.00 bits per heavy atom. The molecule has 1 aromatic carbocycles. The van der Waals surface area contributed by atoms with Crippen molar-refractivity contribution in [3.05, 3.63) is 30.3 Å². The number of amides is 2. The van der Waals surface area contributed by atoms with Crippen LogP contribution in [-0.4, -0.2) is 44.4 Å². The first kappa shape index (κ1) is 22.0. The molecule has 7 nitrogen and oxygen atoms in total. The van der Waals surface area contributed by atoms with Gasteiger partial charge in [-0.05, 0) is 38.8 Å². The Kier molecular flexibility index (Phi) is 8.08.